The second kappa shape index (κ2) is 56.9. The monoisotopic (exact) mass is 1850 g/mol. The van der Waals surface area contributed by atoms with E-state index in [2.05, 4.69) is 288 Å². The highest BCUT2D eigenvalue weighted by Crippen LogP contribution is 2.35. The summed E-state index contributed by atoms with van der Waals surface area (Å²) in [5, 5.41) is -8.04. The van der Waals surface area contributed by atoms with Crippen molar-refractivity contribution in [2.24, 2.45) is 0 Å². The fraction of sp³-hybridized carbons (Fsp3) is 0.400. The molecule has 1 aliphatic heterocycles. The van der Waals surface area contributed by atoms with Crippen molar-refractivity contribution in [2.45, 2.75) is 273 Å². The summed E-state index contributed by atoms with van der Waals surface area (Å²) in [5.74, 6) is -7.14. The molecule has 684 valence electrons. The highest BCUT2D eigenvalue weighted by Gasteiger charge is 2.53. The molecule has 9 aromatic rings. The van der Waals surface area contributed by atoms with Gasteiger partial charge in [0, 0.05) is 13.1 Å². The van der Waals surface area contributed by atoms with Gasteiger partial charge in [-0.1, -0.05) is 254 Å². The molecule has 0 bridgehead atoms. The van der Waals surface area contributed by atoms with E-state index in [1.165, 1.54) is 56.0 Å². The van der Waals surface area contributed by atoms with E-state index in [1.54, 1.807) is 0 Å². The molecule has 0 N–H and O–H groups in total. The summed E-state index contributed by atoms with van der Waals surface area (Å²) in [7, 11) is -15.7. The summed E-state index contributed by atoms with van der Waals surface area (Å²) in [5.41, 5.74) is 1.30. The molecule has 2 aliphatic carbocycles. The predicted molar refractivity (Wildman–Crippen MR) is 495 cm³/mol. The number of hydrogen-bond acceptors (Lipinski definition) is 19. The van der Waals surface area contributed by atoms with Gasteiger partial charge in [-0.2, -0.15) is 0 Å². The normalized spacial score (nSPS) is 14.5. The number of ether oxygens (including phenoxy) is 4. The van der Waals surface area contributed by atoms with E-state index in [9.17, 15) is 72.1 Å². The number of halogens is 1. The molecule has 12 rings (SSSR count). The van der Waals surface area contributed by atoms with Crippen molar-refractivity contribution in [3.8, 4) is 0 Å². The van der Waals surface area contributed by atoms with E-state index in [1.807, 2.05) is 0 Å². The van der Waals surface area contributed by atoms with Gasteiger partial charge in [-0.3, -0.25) is 28.8 Å². The highest BCUT2D eigenvalue weighted by molar-refractivity contribution is 7.97. The van der Waals surface area contributed by atoms with Crippen molar-refractivity contribution >= 4 is 98.6 Å². The molecular formula is C100H122FNO19S6. The van der Waals surface area contributed by atoms with Gasteiger partial charge < -0.3 is 37.5 Å². The second-order valence-corrected chi connectivity index (χ2v) is 41.6. The molecule has 127 heavy (non-hydrogen) atoms. The van der Waals surface area contributed by atoms with Crippen LogP contribution in [-0.4, -0.2) is 133 Å². The van der Waals surface area contributed by atoms with E-state index in [0.717, 1.165) is 120 Å². The number of rotatable bonds is 36. The molecule has 3 aliphatic rings. The zero-order chi connectivity index (χ0) is 91.7. The van der Waals surface area contributed by atoms with Crippen molar-refractivity contribution in [2.75, 3.05) is 26.3 Å². The number of nitrogens with zero attached hydrogens (tertiary/aromatic N) is 1. The van der Waals surface area contributed by atoms with E-state index in [-0.39, 0.29) is 71.2 Å². The van der Waals surface area contributed by atoms with E-state index in [4.69, 9.17) is 18.9 Å². The summed E-state index contributed by atoms with van der Waals surface area (Å²) in [6, 6.07) is 94.7. The Hall–Kier alpha value is -9.29. The molecule has 0 aromatic heterocycles. The highest BCUT2D eigenvalue weighted by atomic mass is 32.2. The number of carbonyl (C=O) groups is 6. The van der Waals surface area contributed by atoms with Gasteiger partial charge in [0.1, 0.15) is 42.6 Å². The smallest absolute Gasteiger partial charge is 0.332 e. The van der Waals surface area contributed by atoms with Crippen LogP contribution in [0.25, 0.3) is 0 Å². The van der Waals surface area contributed by atoms with Gasteiger partial charge in [0.15, 0.2) is 60.3 Å². The van der Waals surface area contributed by atoms with Crippen LogP contribution in [0.4, 0.5) is 4.39 Å². The third-order valence-electron chi connectivity index (χ3n) is 20.9. The first-order chi connectivity index (χ1) is 61.1. The number of carbonyl (C=O) groups excluding carboxylic acids is 6. The Balaban J connectivity index is 0.000000210. The minimum atomic E-state index is -5.67. The molecule has 9 aromatic carbocycles. The molecule has 1 amide bonds. The average Bonchev–Trinajstić information content (AvgIpc) is 0.769. The van der Waals surface area contributed by atoms with Gasteiger partial charge in [-0.05, 0) is 207 Å². The zero-order valence-corrected chi connectivity index (χ0v) is 78.1. The molecule has 20 nitrogen and oxygen atoms in total. The number of Topliss-reactive ketones (excluding diaryl/α,β-unsaturated/α-hetero) is 1. The number of hydrogen-bond donors (Lipinski definition) is 0. The number of alkyl halides is 1. The molecule has 0 spiro atoms. The summed E-state index contributed by atoms with van der Waals surface area (Å²) in [4.78, 5) is 83.6. The Morgan fingerprint density at radius 2 is 0.646 bits per heavy atom. The molecule has 2 saturated carbocycles. The van der Waals surface area contributed by atoms with Gasteiger partial charge in [-0.15, -0.1) is 0 Å². The van der Waals surface area contributed by atoms with Crippen molar-refractivity contribution in [3.63, 3.8) is 0 Å². The first kappa shape index (κ1) is 105. The van der Waals surface area contributed by atoms with Crippen LogP contribution in [-0.2, 0) is 111 Å². The maximum atomic E-state index is 14.0. The number of benzene rings is 9. The standard InChI is InChI=1S/C20H38O7S.C19H17S.2C18H15S.C16H26O7S.C9H14FNO5S/c1-3-5-7-9-11-13-15-26-19(21)17-18(28(23,24)25)20(22)27-16-14-12-10-8-6-4-2;1-16-12-14-19(15-13-16)20(17-8-4-2-5-9-17)18-10-6-3-7-11-18;2*1-4-10-16(11-5-1)19(17-12-6-2-7-13-17)18-14-8-3-9-15-18;17-15(22-12-7-3-1-4-8-12)11-14(24(19,20)21)16(18)23-13-9-5-2-6-10-13;1-7(12)9(10,17(14,15)16)8(13)11-5-3-2-4-6-11/h18H,3-17H2,1-2H3,(H,23,24,25);2-15H,1H3;2*1-15H;12-14H,1-11H2,(H,19,20,21);2-6H2,1H3,(H,14,15,16)/q;3*+1;;/p-3. The molecule has 1 heterocycles. The van der Waals surface area contributed by atoms with E-state index >= 15 is 0 Å². The van der Waals surface area contributed by atoms with E-state index < -0.39 is 94.3 Å². The van der Waals surface area contributed by atoms with Crippen LogP contribution in [0.3, 0.4) is 0 Å². The van der Waals surface area contributed by atoms with Crippen LogP contribution in [0.1, 0.15) is 200 Å². The Bertz CT molecular complexity index is 4680. The van der Waals surface area contributed by atoms with Crippen LogP contribution in [0.15, 0.2) is 311 Å². The number of piperidine rings is 1. The molecule has 27 heteroatoms. The Morgan fingerprint density at radius 3 is 0.953 bits per heavy atom. The second-order valence-electron chi connectivity index (χ2n) is 30.9. The first-order valence-corrected chi connectivity index (χ1v) is 51.9. The number of likely N-dealkylation sites (tertiary alicyclic amines) is 1. The number of aryl methyl sites for hydroxylation is 1. The minimum absolute atomic E-state index is 0.0146. The third kappa shape index (κ3) is 37.0. The Kier molecular flexibility index (Phi) is 46.9. The average molecular weight is 1850 g/mol. The lowest BCUT2D eigenvalue weighted by molar-refractivity contribution is -0.157. The predicted octanol–water partition coefficient (Wildman–Crippen LogP) is 20.6. The van der Waals surface area contributed by atoms with Crippen molar-refractivity contribution in [1.29, 1.82) is 0 Å². The fourth-order valence-corrected chi connectivity index (χ4v) is 22.4. The van der Waals surface area contributed by atoms with Crippen molar-refractivity contribution in [3.05, 3.63) is 272 Å². The molecule has 3 fully saturated rings. The summed E-state index contributed by atoms with van der Waals surface area (Å²) in [6.07, 6.45) is 20.4. The fourth-order valence-electron chi connectivity index (χ4n) is 14.1. The number of unbranched alkanes of at least 4 members (excludes halogenated alkanes) is 10. The lowest BCUT2D eigenvalue weighted by atomic mass is 9.98. The topological polar surface area (TPSA) is 314 Å². The number of ketones is 1. The first-order valence-electron chi connectivity index (χ1n) is 43.9. The van der Waals surface area contributed by atoms with Gasteiger partial charge >= 0.3 is 28.9 Å². The van der Waals surface area contributed by atoms with Crippen LogP contribution >= 0.6 is 0 Å². The third-order valence-corrected chi connectivity index (χ3v) is 30.9. The molecule has 3 atom stereocenters. The van der Waals surface area contributed by atoms with Crippen molar-refractivity contribution in [1.82, 2.24) is 4.90 Å². The SMILES string of the molecule is CC(=O)C(F)(C(=O)N1CCCCC1)S(=O)(=O)[O-].CCCCCCCCOC(=O)CC(C(=O)OCCCCCCCC)S(=O)(=O)[O-].Cc1ccc([S+](c2ccccc2)c2ccccc2)cc1.O=C(CC(C(=O)OC1CCCCC1)S(=O)(=O)[O-])OC1CCCCC1.c1ccc([S+](c2ccccc2)c2ccccc2)cc1.c1ccc([S+](c2ccccc2)c2ccccc2)cc1. The van der Waals surface area contributed by atoms with E-state index in [0.29, 0.717) is 45.4 Å². The maximum Gasteiger partial charge on any atom is 0.332 e. The molecule has 3 unspecified atom stereocenters. The summed E-state index contributed by atoms with van der Waals surface area (Å²) >= 11 is 0. The van der Waals surface area contributed by atoms with Crippen LogP contribution < -0.4 is 0 Å². The molecule has 0 radical (unpaired) electrons. The maximum absolute atomic E-state index is 14.0. The lowest BCUT2D eigenvalue weighted by Crippen LogP contribution is -2.56. The summed E-state index contributed by atoms with van der Waals surface area (Å²) in [6.45, 7) is 7.47. The Morgan fingerprint density at radius 1 is 0.370 bits per heavy atom. The van der Waals surface area contributed by atoms with Gasteiger partial charge in [-0.25, -0.2) is 29.6 Å². The van der Waals surface area contributed by atoms with Crippen LogP contribution in [0, 0.1) is 6.92 Å². The molecular weight excluding hydrogens is 1730 g/mol. The minimum Gasteiger partial charge on any atom is -0.747 e. The lowest BCUT2D eigenvalue weighted by Gasteiger charge is -2.33. The quantitative estimate of drug-likeness (QED) is 0.00879. The van der Waals surface area contributed by atoms with Crippen LogP contribution in [0.5, 0.6) is 0 Å². The zero-order valence-electron chi connectivity index (χ0n) is 73.2. The summed E-state index contributed by atoms with van der Waals surface area (Å²) < 4.78 is 135. The van der Waals surface area contributed by atoms with Crippen LogP contribution in [0.2, 0.25) is 0 Å². The van der Waals surface area contributed by atoms with Crippen molar-refractivity contribution < 1.29 is 91.0 Å². The molecule has 1 saturated heterocycles. The number of amides is 1. The Labute approximate surface area is 760 Å². The van der Waals surface area contributed by atoms with Gasteiger partial charge in [0.05, 0.1) is 58.7 Å². The number of esters is 4. The largest absolute Gasteiger partial charge is 0.747 e. The van der Waals surface area contributed by atoms with Gasteiger partial charge in [0.2, 0.25) is 0 Å². The van der Waals surface area contributed by atoms with Gasteiger partial charge in [0.25, 0.3) is 5.91 Å².